The van der Waals surface area contributed by atoms with Gasteiger partial charge in [-0.3, -0.25) is 14.8 Å². The highest BCUT2D eigenvalue weighted by Gasteiger charge is 2.42. The Hall–Kier alpha value is -4.08. The third-order valence-corrected chi connectivity index (χ3v) is 6.46. The van der Waals surface area contributed by atoms with Crippen molar-refractivity contribution in [3.8, 4) is 5.69 Å². The zero-order chi connectivity index (χ0) is 25.1. The Bertz CT molecular complexity index is 1380. The van der Waals surface area contributed by atoms with Crippen molar-refractivity contribution in [3.05, 3.63) is 102 Å². The Morgan fingerprint density at radius 2 is 2.00 bits per heavy atom. The van der Waals surface area contributed by atoms with Gasteiger partial charge in [0.2, 0.25) is 5.91 Å². The Kier molecular flexibility index (Phi) is 6.75. The van der Waals surface area contributed by atoms with Crippen LogP contribution in [0.1, 0.15) is 29.0 Å². The van der Waals surface area contributed by atoms with Crippen LogP contribution in [-0.4, -0.2) is 39.3 Å². The summed E-state index contributed by atoms with van der Waals surface area (Å²) in [5, 5.41) is 6.99. The molecule has 2 atom stereocenters. The molecule has 1 amide bonds. The molecule has 4 heterocycles. The first-order valence-electron chi connectivity index (χ1n) is 11.5. The Morgan fingerprint density at radius 3 is 2.72 bits per heavy atom. The second kappa shape index (κ2) is 10.3. The summed E-state index contributed by atoms with van der Waals surface area (Å²) in [5.74, 6) is -0.200. The van der Waals surface area contributed by atoms with Crippen molar-refractivity contribution < 1.29 is 9.53 Å². The van der Waals surface area contributed by atoms with E-state index in [2.05, 4.69) is 36.1 Å². The fourth-order valence-electron chi connectivity index (χ4n) is 4.56. The molecule has 0 radical (unpaired) electrons. The monoisotopic (exact) mass is 498 g/mol. The van der Waals surface area contributed by atoms with Gasteiger partial charge < -0.3 is 24.8 Å². The number of nitrogens with one attached hydrogen (secondary N) is 2. The van der Waals surface area contributed by atoms with E-state index in [9.17, 15) is 4.79 Å². The number of hydrogen-bond acceptors (Lipinski definition) is 5. The van der Waals surface area contributed by atoms with Gasteiger partial charge >= 0.3 is 0 Å². The van der Waals surface area contributed by atoms with Crippen LogP contribution in [0.2, 0.25) is 0 Å². The zero-order valence-corrected chi connectivity index (χ0v) is 20.8. The molecule has 4 aromatic rings. The van der Waals surface area contributed by atoms with Crippen LogP contribution in [0.4, 0.5) is 11.4 Å². The number of thiocarbonyl (C=S) groups is 1. The fraction of sp³-hybridized carbons (Fsp3) is 0.185. The molecule has 0 bridgehead atoms. The molecule has 1 aliphatic heterocycles. The maximum absolute atomic E-state index is 12.0. The lowest BCUT2D eigenvalue weighted by atomic mass is 10.0. The van der Waals surface area contributed by atoms with E-state index in [-0.39, 0.29) is 24.6 Å². The van der Waals surface area contributed by atoms with E-state index in [0.29, 0.717) is 5.11 Å². The Morgan fingerprint density at radius 1 is 1.11 bits per heavy atom. The predicted octanol–water partition coefficient (Wildman–Crippen LogP) is 4.34. The van der Waals surface area contributed by atoms with E-state index < -0.39 is 0 Å². The van der Waals surface area contributed by atoms with Gasteiger partial charge in [-0.15, -0.1) is 0 Å². The van der Waals surface area contributed by atoms with Crippen LogP contribution in [0.5, 0.6) is 0 Å². The number of carbonyl (C=O) groups is 1. The number of nitrogens with zero attached hydrogens (tertiary/aromatic N) is 4. The van der Waals surface area contributed by atoms with Crippen LogP contribution >= 0.6 is 12.2 Å². The van der Waals surface area contributed by atoms with Crippen LogP contribution in [0.3, 0.4) is 0 Å². The number of benzene rings is 1. The van der Waals surface area contributed by atoms with Crippen LogP contribution in [0, 0.1) is 6.92 Å². The molecule has 9 heteroatoms. The molecule has 1 saturated heterocycles. The third kappa shape index (κ3) is 4.58. The highest BCUT2D eigenvalue weighted by Crippen LogP contribution is 2.42. The minimum Gasteiger partial charge on any atom is -0.375 e. The average molecular weight is 499 g/mol. The second-order valence-corrected chi connectivity index (χ2v) is 8.88. The summed E-state index contributed by atoms with van der Waals surface area (Å²) in [6.45, 7) is 1.96. The summed E-state index contributed by atoms with van der Waals surface area (Å²) < 4.78 is 7.06. The lowest BCUT2D eigenvalue weighted by Gasteiger charge is -2.29. The zero-order valence-electron chi connectivity index (χ0n) is 20.0. The molecule has 0 spiro atoms. The van der Waals surface area contributed by atoms with Gasteiger partial charge in [-0.05, 0) is 79.3 Å². The van der Waals surface area contributed by atoms with Crippen LogP contribution < -0.4 is 15.5 Å². The van der Waals surface area contributed by atoms with E-state index in [4.69, 9.17) is 17.0 Å². The quantitative estimate of drug-likeness (QED) is 0.367. The maximum atomic E-state index is 12.0. The van der Waals surface area contributed by atoms with Gasteiger partial charge in [-0.1, -0.05) is 6.07 Å². The standard InChI is InChI=1S/C27H26N6O2S/c1-18-15-19(10-11-21(18)30-24(34)17-35-2)33-26(25(31-27(33)36)22-8-3-4-13-29-22)23-9-6-14-32(23)20-7-5-12-28-16-20/h3-16,25-26H,17H2,1-2H3,(H,30,34)(H,31,36)/t25-,26+/m1/s1. The summed E-state index contributed by atoms with van der Waals surface area (Å²) >= 11 is 5.87. The van der Waals surface area contributed by atoms with E-state index in [0.717, 1.165) is 34.0 Å². The van der Waals surface area contributed by atoms with Crippen molar-refractivity contribution >= 4 is 34.6 Å². The van der Waals surface area contributed by atoms with Crippen LogP contribution in [0.25, 0.3) is 5.69 Å². The SMILES string of the molecule is COCC(=O)Nc1ccc(N2C(=S)N[C@H](c3ccccn3)[C@@H]2c2cccn2-c2cccnc2)cc1C. The number of rotatable bonds is 7. The van der Waals surface area contributed by atoms with Crippen molar-refractivity contribution in [1.29, 1.82) is 0 Å². The van der Waals surface area contributed by atoms with Crippen molar-refractivity contribution in [2.45, 2.75) is 19.0 Å². The van der Waals surface area contributed by atoms with E-state index >= 15 is 0 Å². The number of pyridine rings is 2. The highest BCUT2D eigenvalue weighted by molar-refractivity contribution is 7.80. The number of aryl methyl sites for hydroxylation is 1. The number of aromatic nitrogens is 3. The van der Waals surface area contributed by atoms with Gasteiger partial charge in [0.15, 0.2) is 5.11 Å². The molecule has 2 N–H and O–H groups in total. The van der Waals surface area contributed by atoms with Crippen LogP contribution in [0.15, 0.2) is 85.5 Å². The van der Waals surface area contributed by atoms with Crippen LogP contribution in [-0.2, 0) is 9.53 Å². The van der Waals surface area contributed by atoms with E-state index in [1.165, 1.54) is 7.11 Å². The molecule has 0 aliphatic carbocycles. The fourth-order valence-corrected chi connectivity index (χ4v) is 4.90. The van der Waals surface area contributed by atoms with Crippen molar-refractivity contribution in [3.63, 3.8) is 0 Å². The van der Waals surface area contributed by atoms with Crippen molar-refractivity contribution in [2.75, 3.05) is 23.9 Å². The first-order valence-corrected chi connectivity index (χ1v) is 12.0. The molecule has 1 fully saturated rings. The number of ether oxygens (including phenoxy) is 1. The number of amides is 1. The molecule has 1 aliphatic rings. The van der Waals surface area contributed by atoms with E-state index in [1.807, 2.05) is 73.9 Å². The maximum Gasteiger partial charge on any atom is 0.250 e. The summed E-state index contributed by atoms with van der Waals surface area (Å²) in [6.07, 6.45) is 7.42. The molecular formula is C27H26N6O2S. The number of carbonyl (C=O) groups excluding carboxylic acids is 1. The molecule has 182 valence electrons. The van der Waals surface area contributed by atoms with Gasteiger partial charge in [-0.2, -0.15) is 0 Å². The summed E-state index contributed by atoms with van der Waals surface area (Å²) in [7, 11) is 1.50. The first kappa shape index (κ1) is 23.7. The van der Waals surface area contributed by atoms with Crippen molar-refractivity contribution in [1.82, 2.24) is 19.9 Å². The summed E-state index contributed by atoms with van der Waals surface area (Å²) in [5.41, 5.74) is 5.46. The third-order valence-electron chi connectivity index (χ3n) is 6.14. The topological polar surface area (TPSA) is 84.3 Å². The Labute approximate surface area is 215 Å². The molecule has 36 heavy (non-hydrogen) atoms. The second-order valence-electron chi connectivity index (χ2n) is 8.49. The largest absolute Gasteiger partial charge is 0.375 e. The minimum atomic E-state index is -0.200. The Balaban J connectivity index is 1.58. The van der Waals surface area contributed by atoms with Gasteiger partial charge in [-0.25, -0.2) is 0 Å². The lowest BCUT2D eigenvalue weighted by Crippen LogP contribution is -2.30. The lowest BCUT2D eigenvalue weighted by molar-refractivity contribution is -0.119. The van der Waals surface area contributed by atoms with Gasteiger partial charge in [0.25, 0.3) is 0 Å². The number of methoxy groups -OCH3 is 1. The molecular weight excluding hydrogens is 472 g/mol. The molecule has 8 nitrogen and oxygen atoms in total. The molecule has 0 unspecified atom stereocenters. The molecule has 3 aromatic heterocycles. The number of hydrogen-bond donors (Lipinski definition) is 2. The molecule has 5 rings (SSSR count). The smallest absolute Gasteiger partial charge is 0.250 e. The predicted molar refractivity (Wildman–Crippen MR) is 143 cm³/mol. The molecule has 0 saturated carbocycles. The van der Waals surface area contributed by atoms with Crippen molar-refractivity contribution in [2.24, 2.45) is 0 Å². The molecule has 1 aromatic carbocycles. The number of anilines is 2. The van der Waals surface area contributed by atoms with Gasteiger partial charge in [0, 0.05) is 42.8 Å². The average Bonchev–Trinajstić information content (AvgIpc) is 3.51. The minimum absolute atomic E-state index is 0.000481. The summed E-state index contributed by atoms with van der Waals surface area (Å²) in [6, 6.07) is 19.5. The van der Waals surface area contributed by atoms with E-state index in [1.54, 1.807) is 12.4 Å². The normalized spacial score (nSPS) is 17.2. The summed E-state index contributed by atoms with van der Waals surface area (Å²) in [4.78, 5) is 23.1. The first-order chi connectivity index (χ1) is 17.6. The van der Waals surface area contributed by atoms with Gasteiger partial charge in [0.1, 0.15) is 12.6 Å². The van der Waals surface area contributed by atoms with Gasteiger partial charge in [0.05, 0.1) is 23.6 Å². The highest BCUT2D eigenvalue weighted by atomic mass is 32.1.